The second kappa shape index (κ2) is 4.24. The summed E-state index contributed by atoms with van der Waals surface area (Å²) in [7, 11) is 2.91. The van der Waals surface area contributed by atoms with Gasteiger partial charge >= 0.3 is 6.41 Å². The van der Waals surface area contributed by atoms with Crippen LogP contribution in [-0.2, 0) is 4.79 Å². The number of aromatic nitrogens is 2. The fraction of sp³-hybridized carbons (Fsp3) is 0.286. The van der Waals surface area contributed by atoms with Gasteiger partial charge in [0.25, 0.3) is 0 Å². The molecule has 13 heavy (non-hydrogen) atoms. The van der Waals surface area contributed by atoms with Gasteiger partial charge in [-0.05, 0) is 0 Å². The maximum Gasteiger partial charge on any atom is 0.316 e. The first-order chi connectivity index (χ1) is 6.30. The van der Waals surface area contributed by atoms with Gasteiger partial charge in [-0.15, -0.1) is 0 Å². The minimum Gasteiger partial charge on any atom is -0.481 e. The van der Waals surface area contributed by atoms with E-state index in [2.05, 4.69) is 15.3 Å². The molecule has 1 heterocycles. The number of methoxy groups -OCH3 is 2. The zero-order valence-corrected chi connectivity index (χ0v) is 7.20. The second-order valence-corrected chi connectivity index (χ2v) is 2.00. The van der Waals surface area contributed by atoms with E-state index in [0.717, 1.165) is 0 Å². The summed E-state index contributed by atoms with van der Waals surface area (Å²) in [6, 6.07) is 1.50. The molecule has 1 radical (unpaired) electrons. The summed E-state index contributed by atoms with van der Waals surface area (Å²) in [5.41, 5.74) is 0. The Kier molecular flexibility index (Phi) is 3.02. The van der Waals surface area contributed by atoms with Crippen LogP contribution >= 0.6 is 0 Å². The van der Waals surface area contributed by atoms with Crippen molar-refractivity contribution in [3.63, 3.8) is 0 Å². The van der Waals surface area contributed by atoms with E-state index in [9.17, 15) is 4.79 Å². The number of hydrogen-bond donors (Lipinski definition) is 1. The summed E-state index contributed by atoms with van der Waals surface area (Å²) in [5.74, 6) is 0.709. The lowest BCUT2D eigenvalue weighted by Crippen LogP contribution is -2.02. The molecule has 1 rings (SSSR count). The van der Waals surface area contributed by atoms with Gasteiger partial charge in [-0.2, -0.15) is 9.97 Å². The Morgan fingerprint density at radius 1 is 1.31 bits per heavy atom. The van der Waals surface area contributed by atoms with Gasteiger partial charge < -0.3 is 9.47 Å². The first-order valence-corrected chi connectivity index (χ1v) is 3.40. The minimum absolute atomic E-state index is 0.0891. The predicted octanol–water partition coefficient (Wildman–Crippen LogP) is -0.0271. The van der Waals surface area contributed by atoms with Crippen molar-refractivity contribution in [2.24, 2.45) is 0 Å². The van der Waals surface area contributed by atoms with E-state index < -0.39 is 0 Å². The van der Waals surface area contributed by atoms with Crippen LogP contribution in [0.4, 0.5) is 5.95 Å². The Bertz CT molecular complexity index is 281. The molecule has 6 heteroatoms. The molecule has 1 N–H and O–H groups in total. The van der Waals surface area contributed by atoms with Crippen LogP contribution < -0.4 is 14.8 Å². The number of amides is 1. The number of anilines is 1. The van der Waals surface area contributed by atoms with Crippen LogP contribution in [0.25, 0.3) is 0 Å². The molecule has 0 aromatic carbocycles. The Morgan fingerprint density at radius 3 is 2.23 bits per heavy atom. The van der Waals surface area contributed by atoms with E-state index in [1.54, 1.807) is 0 Å². The van der Waals surface area contributed by atoms with Crippen LogP contribution in [-0.4, -0.2) is 30.6 Å². The quantitative estimate of drug-likeness (QED) is 0.662. The van der Waals surface area contributed by atoms with Crippen LogP contribution in [0.2, 0.25) is 0 Å². The summed E-state index contributed by atoms with van der Waals surface area (Å²) in [6.45, 7) is 0. The molecule has 1 aromatic rings. The molecule has 6 nitrogen and oxygen atoms in total. The van der Waals surface area contributed by atoms with Crippen molar-refractivity contribution in [2.75, 3.05) is 19.5 Å². The van der Waals surface area contributed by atoms with Gasteiger partial charge in [0.05, 0.1) is 20.3 Å². The highest BCUT2D eigenvalue weighted by Crippen LogP contribution is 2.16. The van der Waals surface area contributed by atoms with Crippen LogP contribution in [0.15, 0.2) is 6.07 Å². The van der Waals surface area contributed by atoms with Crippen molar-refractivity contribution in [3.8, 4) is 11.8 Å². The zero-order valence-electron chi connectivity index (χ0n) is 7.20. The lowest BCUT2D eigenvalue weighted by Gasteiger charge is -2.03. The van der Waals surface area contributed by atoms with Crippen molar-refractivity contribution < 1.29 is 14.3 Å². The SMILES string of the molecule is COc1cc(OC)nc(N[C]=O)n1. The molecule has 69 valence electrons. The average molecular weight is 182 g/mol. The molecule has 0 bridgehead atoms. The Morgan fingerprint density at radius 2 is 1.85 bits per heavy atom. The van der Waals surface area contributed by atoms with E-state index in [-0.39, 0.29) is 5.95 Å². The fourth-order valence-electron chi connectivity index (χ4n) is 0.715. The largest absolute Gasteiger partial charge is 0.481 e. The zero-order chi connectivity index (χ0) is 9.68. The fourth-order valence-corrected chi connectivity index (χ4v) is 0.715. The van der Waals surface area contributed by atoms with Gasteiger partial charge in [-0.1, -0.05) is 0 Å². The third-order valence-electron chi connectivity index (χ3n) is 1.26. The van der Waals surface area contributed by atoms with Crippen LogP contribution in [0.5, 0.6) is 11.8 Å². The van der Waals surface area contributed by atoms with E-state index >= 15 is 0 Å². The number of nitrogens with one attached hydrogen (secondary N) is 1. The van der Waals surface area contributed by atoms with Crippen LogP contribution in [0.1, 0.15) is 0 Å². The summed E-state index contributed by atoms with van der Waals surface area (Å²) in [5, 5.41) is 2.17. The average Bonchev–Trinajstić information content (AvgIpc) is 2.17. The molecule has 0 saturated heterocycles. The lowest BCUT2D eigenvalue weighted by molar-refractivity contribution is 0.373. The van der Waals surface area contributed by atoms with Crippen LogP contribution in [0.3, 0.4) is 0 Å². The molecule has 0 atom stereocenters. The molecule has 0 aliphatic heterocycles. The smallest absolute Gasteiger partial charge is 0.316 e. The monoisotopic (exact) mass is 182 g/mol. The third kappa shape index (κ3) is 2.29. The highest BCUT2D eigenvalue weighted by Gasteiger charge is 2.03. The van der Waals surface area contributed by atoms with Crippen molar-refractivity contribution >= 4 is 12.4 Å². The summed E-state index contributed by atoms with van der Waals surface area (Å²) < 4.78 is 9.69. The van der Waals surface area contributed by atoms with Gasteiger partial charge in [-0.25, -0.2) is 0 Å². The summed E-state index contributed by atoms with van der Waals surface area (Å²) >= 11 is 0. The van der Waals surface area contributed by atoms with Gasteiger partial charge in [0.15, 0.2) is 0 Å². The molecule has 0 aliphatic rings. The van der Waals surface area contributed by atoms with E-state index in [1.165, 1.54) is 26.7 Å². The van der Waals surface area contributed by atoms with Crippen molar-refractivity contribution in [1.82, 2.24) is 9.97 Å². The number of carbonyl (C=O) groups excluding carboxylic acids is 1. The summed E-state index contributed by atoms with van der Waals surface area (Å²) in [6.07, 6.45) is 1.45. The minimum atomic E-state index is 0.0891. The summed E-state index contributed by atoms with van der Waals surface area (Å²) in [4.78, 5) is 17.6. The maximum atomic E-state index is 9.98. The first kappa shape index (κ1) is 9.24. The van der Waals surface area contributed by atoms with Crippen molar-refractivity contribution in [2.45, 2.75) is 0 Å². The van der Waals surface area contributed by atoms with Crippen molar-refractivity contribution in [1.29, 1.82) is 0 Å². The Hall–Kier alpha value is -1.85. The van der Waals surface area contributed by atoms with Gasteiger partial charge in [0.2, 0.25) is 17.7 Å². The van der Waals surface area contributed by atoms with Crippen molar-refractivity contribution in [3.05, 3.63) is 6.07 Å². The molecular formula is C7H8N3O3. The molecule has 0 saturated carbocycles. The van der Waals surface area contributed by atoms with Crippen LogP contribution in [0, 0.1) is 0 Å². The standard InChI is InChI=1S/C7H8N3O3/c1-12-5-3-6(13-2)10-7(9-5)8-4-11/h3H,1-2H3,(H,8,9,10,11). The Balaban J connectivity index is 2.99. The molecule has 0 unspecified atom stereocenters. The normalized spacial score (nSPS) is 9.08. The van der Waals surface area contributed by atoms with Gasteiger partial charge in [0.1, 0.15) is 0 Å². The highest BCUT2D eigenvalue weighted by molar-refractivity contribution is 5.67. The molecule has 0 aliphatic carbocycles. The van der Waals surface area contributed by atoms with Gasteiger partial charge in [0, 0.05) is 0 Å². The van der Waals surface area contributed by atoms with Gasteiger partial charge in [-0.3, -0.25) is 10.1 Å². The molecular weight excluding hydrogens is 174 g/mol. The molecule has 0 fully saturated rings. The molecule has 0 spiro atoms. The lowest BCUT2D eigenvalue weighted by atomic mass is 10.6. The van der Waals surface area contributed by atoms with E-state index in [4.69, 9.17) is 9.47 Å². The second-order valence-electron chi connectivity index (χ2n) is 2.00. The third-order valence-corrected chi connectivity index (χ3v) is 1.26. The first-order valence-electron chi connectivity index (χ1n) is 3.40. The Labute approximate surface area is 74.9 Å². The predicted molar refractivity (Wildman–Crippen MR) is 44.5 cm³/mol. The number of nitrogens with zero attached hydrogens (tertiary/aromatic N) is 2. The van der Waals surface area contributed by atoms with E-state index in [0.29, 0.717) is 11.8 Å². The highest BCUT2D eigenvalue weighted by atomic mass is 16.5. The number of rotatable bonds is 4. The maximum absolute atomic E-state index is 9.98. The number of ether oxygens (including phenoxy) is 2. The molecule has 1 amide bonds. The molecule has 1 aromatic heterocycles. The topological polar surface area (TPSA) is 73.3 Å². The van der Waals surface area contributed by atoms with E-state index in [1.807, 2.05) is 0 Å². The number of hydrogen-bond acceptors (Lipinski definition) is 5.